The third-order valence-electron chi connectivity index (χ3n) is 6.10. The van der Waals surface area contributed by atoms with E-state index in [0.717, 1.165) is 41.2 Å². The average molecular weight is 520 g/mol. The lowest BCUT2D eigenvalue weighted by Gasteiger charge is -2.31. The van der Waals surface area contributed by atoms with Crippen LogP contribution in [-0.2, 0) is 21.6 Å². The summed E-state index contributed by atoms with van der Waals surface area (Å²) < 4.78 is 26.1. The highest BCUT2D eigenvalue weighted by Gasteiger charge is 2.32. The molecule has 0 unspecified atom stereocenters. The molecule has 1 aliphatic rings. The van der Waals surface area contributed by atoms with E-state index in [0.29, 0.717) is 17.7 Å². The number of alkyl halides is 1. The first-order valence-corrected chi connectivity index (χ1v) is 14.1. The van der Waals surface area contributed by atoms with Gasteiger partial charge in [0.25, 0.3) is 0 Å². The smallest absolute Gasteiger partial charge is 0.185 e. The highest BCUT2D eigenvalue weighted by molar-refractivity contribution is 9.08. The van der Waals surface area contributed by atoms with Crippen LogP contribution >= 0.6 is 27.3 Å². The van der Waals surface area contributed by atoms with Crippen molar-refractivity contribution in [2.45, 2.75) is 48.6 Å². The molecule has 0 aliphatic carbocycles. The van der Waals surface area contributed by atoms with Crippen LogP contribution in [0.3, 0.4) is 0 Å². The van der Waals surface area contributed by atoms with Crippen LogP contribution in [0, 0.1) is 13.8 Å². The predicted molar refractivity (Wildman–Crippen MR) is 132 cm³/mol. The van der Waals surface area contributed by atoms with E-state index in [2.05, 4.69) is 58.3 Å². The molecule has 0 saturated carbocycles. The number of thiazole rings is 1. The first-order valence-electron chi connectivity index (χ1n) is 10.5. The van der Waals surface area contributed by atoms with E-state index in [4.69, 9.17) is 4.98 Å². The van der Waals surface area contributed by atoms with Gasteiger partial charge < -0.3 is 4.90 Å². The minimum Gasteiger partial charge on any atom is -0.348 e. The van der Waals surface area contributed by atoms with Crippen LogP contribution in [0.2, 0.25) is 0 Å². The highest BCUT2D eigenvalue weighted by Crippen LogP contribution is 2.30. The van der Waals surface area contributed by atoms with E-state index in [-0.39, 0.29) is 5.25 Å². The minimum atomic E-state index is -3.30. The maximum absolute atomic E-state index is 13.1. The largest absolute Gasteiger partial charge is 0.348 e. The molecule has 3 aromatic rings. The lowest BCUT2D eigenvalue weighted by atomic mass is 9.99. The van der Waals surface area contributed by atoms with Crippen molar-refractivity contribution in [3.63, 3.8) is 0 Å². The van der Waals surface area contributed by atoms with Gasteiger partial charge in [0.2, 0.25) is 0 Å². The van der Waals surface area contributed by atoms with Crippen LogP contribution in [0.4, 0.5) is 5.13 Å². The summed E-state index contributed by atoms with van der Waals surface area (Å²) in [6, 6.07) is 13.6. The molecule has 7 heteroatoms. The van der Waals surface area contributed by atoms with Crippen molar-refractivity contribution in [3.05, 3.63) is 75.8 Å². The lowest BCUT2D eigenvalue weighted by Crippen LogP contribution is -2.39. The van der Waals surface area contributed by atoms with Crippen molar-refractivity contribution in [2.75, 3.05) is 18.0 Å². The summed E-state index contributed by atoms with van der Waals surface area (Å²) in [5.74, 6) is 0. The fourth-order valence-corrected chi connectivity index (χ4v) is 7.13. The molecule has 2 heterocycles. The molecular formula is C24H27BrN2O2S2. The Morgan fingerprint density at radius 1 is 1.06 bits per heavy atom. The Morgan fingerprint density at radius 3 is 2.32 bits per heavy atom. The third kappa shape index (κ3) is 4.89. The van der Waals surface area contributed by atoms with E-state index < -0.39 is 9.84 Å². The third-order valence-corrected chi connectivity index (χ3v) is 9.98. The number of anilines is 1. The van der Waals surface area contributed by atoms with Crippen LogP contribution in [0.5, 0.6) is 0 Å². The van der Waals surface area contributed by atoms with Gasteiger partial charge in [-0.1, -0.05) is 46.3 Å². The zero-order valence-corrected chi connectivity index (χ0v) is 21.1. The van der Waals surface area contributed by atoms with Gasteiger partial charge in [0.1, 0.15) is 0 Å². The van der Waals surface area contributed by atoms with E-state index in [1.165, 1.54) is 16.7 Å². The van der Waals surface area contributed by atoms with Gasteiger partial charge in [0.15, 0.2) is 15.0 Å². The van der Waals surface area contributed by atoms with Crippen molar-refractivity contribution in [3.8, 4) is 0 Å². The standard InChI is InChI=1S/C24H27BrN2O2S2/c1-17-4-3-5-18(2)23(17)14-20-16-30-24(26-20)27-12-10-22(11-13-27)31(28,29)21-8-6-19(15-25)7-9-21/h3-9,16,22H,10-15H2,1-2H3. The number of hydrogen-bond acceptors (Lipinski definition) is 5. The minimum absolute atomic E-state index is 0.326. The van der Waals surface area contributed by atoms with Gasteiger partial charge in [-0.15, -0.1) is 11.3 Å². The molecule has 4 rings (SSSR count). The summed E-state index contributed by atoms with van der Waals surface area (Å²) in [5.41, 5.74) is 6.10. The molecule has 0 spiro atoms. The molecule has 0 bridgehead atoms. The Bertz CT molecular complexity index is 1130. The molecule has 1 saturated heterocycles. The number of benzene rings is 2. The zero-order chi connectivity index (χ0) is 22.0. The molecule has 4 nitrogen and oxygen atoms in total. The van der Waals surface area contributed by atoms with Crippen LogP contribution in [0.25, 0.3) is 0 Å². The molecule has 0 radical (unpaired) electrons. The van der Waals surface area contributed by atoms with E-state index >= 15 is 0 Å². The van der Waals surface area contributed by atoms with Gasteiger partial charge in [-0.3, -0.25) is 0 Å². The quantitative estimate of drug-likeness (QED) is 0.393. The van der Waals surface area contributed by atoms with Crippen molar-refractivity contribution >= 4 is 42.2 Å². The fourth-order valence-electron chi connectivity index (χ4n) is 4.15. The van der Waals surface area contributed by atoms with Gasteiger partial charge >= 0.3 is 0 Å². The summed E-state index contributed by atoms with van der Waals surface area (Å²) in [7, 11) is -3.30. The van der Waals surface area contributed by atoms with Crippen molar-refractivity contribution < 1.29 is 8.42 Å². The summed E-state index contributed by atoms with van der Waals surface area (Å²) >= 11 is 5.06. The molecule has 1 aromatic heterocycles. The molecule has 164 valence electrons. The lowest BCUT2D eigenvalue weighted by molar-refractivity contribution is 0.529. The Labute approximate surface area is 197 Å². The van der Waals surface area contributed by atoms with Crippen molar-refractivity contribution in [1.29, 1.82) is 0 Å². The average Bonchev–Trinajstić information content (AvgIpc) is 3.25. The Hall–Kier alpha value is -1.70. The normalized spacial score (nSPS) is 15.4. The second kappa shape index (κ2) is 9.43. The molecule has 31 heavy (non-hydrogen) atoms. The summed E-state index contributed by atoms with van der Waals surface area (Å²) in [5, 5.41) is 3.53. The second-order valence-corrected chi connectivity index (χ2v) is 11.8. The number of sulfone groups is 1. The van der Waals surface area contributed by atoms with Gasteiger partial charge in [0, 0.05) is 30.2 Å². The fraction of sp³-hybridized carbons (Fsp3) is 0.375. The predicted octanol–water partition coefficient (Wildman–Crippen LogP) is 5.69. The monoisotopic (exact) mass is 518 g/mol. The highest BCUT2D eigenvalue weighted by atomic mass is 79.9. The molecule has 0 atom stereocenters. The Balaban J connectivity index is 1.41. The molecule has 0 N–H and O–H groups in total. The zero-order valence-electron chi connectivity index (χ0n) is 17.8. The number of rotatable bonds is 6. The maximum Gasteiger partial charge on any atom is 0.185 e. The number of halogens is 1. The number of aromatic nitrogens is 1. The summed E-state index contributed by atoms with van der Waals surface area (Å²) in [6.45, 7) is 5.74. The topological polar surface area (TPSA) is 50.3 Å². The van der Waals surface area contributed by atoms with Crippen LogP contribution in [0.15, 0.2) is 52.7 Å². The van der Waals surface area contributed by atoms with Crippen molar-refractivity contribution in [1.82, 2.24) is 4.98 Å². The van der Waals surface area contributed by atoms with E-state index in [1.54, 1.807) is 23.5 Å². The maximum atomic E-state index is 13.1. The van der Waals surface area contributed by atoms with Gasteiger partial charge in [-0.2, -0.15) is 0 Å². The molecule has 1 aliphatic heterocycles. The molecule has 2 aromatic carbocycles. The van der Waals surface area contributed by atoms with Crippen molar-refractivity contribution in [2.24, 2.45) is 0 Å². The number of hydrogen-bond donors (Lipinski definition) is 0. The number of piperidine rings is 1. The summed E-state index contributed by atoms with van der Waals surface area (Å²) in [6.07, 6.45) is 2.10. The van der Waals surface area contributed by atoms with E-state index in [1.807, 2.05) is 12.1 Å². The SMILES string of the molecule is Cc1cccc(C)c1Cc1csc(N2CCC(S(=O)(=O)c3ccc(CBr)cc3)CC2)n1. The second-order valence-electron chi connectivity index (χ2n) is 8.18. The van der Waals surface area contributed by atoms with Gasteiger partial charge in [-0.05, 0) is 61.1 Å². The first-order chi connectivity index (χ1) is 14.9. The van der Waals surface area contributed by atoms with Crippen LogP contribution < -0.4 is 4.90 Å². The molecule has 1 fully saturated rings. The Kier molecular flexibility index (Phi) is 6.84. The molecule has 0 amide bonds. The number of nitrogens with zero attached hydrogens (tertiary/aromatic N) is 2. The van der Waals surface area contributed by atoms with Gasteiger partial charge in [-0.25, -0.2) is 13.4 Å². The summed E-state index contributed by atoms with van der Waals surface area (Å²) in [4.78, 5) is 7.53. The number of aryl methyl sites for hydroxylation is 2. The Morgan fingerprint density at radius 2 is 1.71 bits per heavy atom. The van der Waals surface area contributed by atoms with Crippen LogP contribution in [0.1, 0.15) is 40.8 Å². The van der Waals surface area contributed by atoms with Gasteiger partial charge in [0.05, 0.1) is 15.8 Å². The van der Waals surface area contributed by atoms with E-state index in [9.17, 15) is 8.42 Å². The first kappa shape index (κ1) is 22.5. The molecular weight excluding hydrogens is 492 g/mol. The van der Waals surface area contributed by atoms with Crippen LogP contribution in [-0.4, -0.2) is 31.7 Å².